The summed E-state index contributed by atoms with van der Waals surface area (Å²) in [4.78, 5) is 16.9. The summed E-state index contributed by atoms with van der Waals surface area (Å²) < 4.78 is 59.7. The molecule has 0 aromatic heterocycles. The molecule has 0 saturated heterocycles. The number of amides is 1. The van der Waals surface area contributed by atoms with Crippen LogP contribution in [0.15, 0.2) is 40.0 Å². The molecule has 1 aromatic rings. The number of aliphatic imine (C=N–C) groups is 1. The van der Waals surface area contributed by atoms with Crippen molar-refractivity contribution in [2.24, 2.45) is 4.99 Å². The Labute approximate surface area is 170 Å². The molecule has 1 aromatic carbocycles. The zero-order chi connectivity index (χ0) is 21.6. The zero-order valence-corrected chi connectivity index (χ0v) is 16.5. The van der Waals surface area contributed by atoms with Gasteiger partial charge >= 0.3 is 12.3 Å². The van der Waals surface area contributed by atoms with Gasteiger partial charge in [-0.25, -0.2) is 14.2 Å². The minimum Gasteiger partial charge on any atom is -0.484 e. The third-order valence-corrected chi connectivity index (χ3v) is 4.27. The first kappa shape index (κ1) is 22.8. The van der Waals surface area contributed by atoms with Crippen LogP contribution in [0.4, 0.5) is 22.4 Å². The average molecular weight is 438 g/mol. The molecule has 1 amide bonds. The van der Waals surface area contributed by atoms with E-state index in [2.05, 4.69) is 19.8 Å². The predicted octanol–water partition coefficient (Wildman–Crippen LogP) is 4.01. The molecule has 11 heteroatoms. The number of methoxy groups -OCH3 is 1. The lowest BCUT2D eigenvalue weighted by Gasteiger charge is -2.29. The lowest BCUT2D eigenvalue weighted by atomic mass is 10.1. The Kier molecular flexibility index (Phi) is 7.72. The standard InChI is InChI=1S/C18H20ClF4N3O3/c1-11(20)15-14(19)16(25-10-26(15)17(27)28-2)24-8-7-12-3-5-13(6-4-12)29-9-18(21,22)23/h3-6,11H,7-10H2,1-2H3,(H,24,25). The summed E-state index contributed by atoms with van der Waals surface area (Å²) in [6.45, 7) is 0.138. The number of amidine groups is 1. The Hall–Kier alpha value is -2.49. The van der Waals surface area contributed by atoms with Crippen molar-refractivity contribution >= 4 is 23.5 Å². The fourth-order valence-corrected chi connectivity index (χ4v) is 2.94. The maximum absolute atomic E-state index is 14.0. The third kappa shape index (κ3) is 6.52. The molecule has 1 aliphatic heterocycles. The number of nitrogens with one attached hydrogen (secondary N) is 1. The van der Waals surface area contributed by atoms with E-state index in [1.54, 1.807) is 12.1 Å². The van der Waals surface area contributed by atoms with Gasteiger partial charge in [-0.3, -0.25) is 4.90 Å². The van der Waals surface area contributed by atoms with E-state index in [-0.39, 0.29) is 29.0 Å². The SMILES string of the molecule is COC(=O)N1CN=C(NCCc2ccc(OCC(F)(F)F)cc2)C(Cl)=C1C(C)F. The van der Waals surface area contributed by atoms with Crippen LogP contribution in [0, 0.1) is 0 Å². The highest BCUT2D eigenvalue weighted by atomic mass is 35.5. The molecule has 6 nitrogen and oxygen atoms in total. The maximum Gasteiger partial charge on any atom is 0.422 e. The van der Waals surface area contributed by atoms with Gasteiger partial charge < -0.3 is 14.8 Å². The number of carbonyl (C=O) groups is 1. The van der Waals surface area contributed by atoms with Gasteiger partial charge in [-0.05, 0) is 31.0 Å². The quantitative estimate of drug-likeness (QED) is 0.683. The summed E-state index contributed by atoms with van der Waals surface area (Å²) in [5.74, 6) is 0.364. The number of hydrogen-bond acceptors (Lipinski definition) is 5. The Morgan fingerprint density at radius 2 is 2.00 bits per heavy atom. The van der Waals surface area contributed by atoms with Gasteiger partial charge in [0, 0.05) is 6.54 Å². The summed E-state index contributed by atoms with van der Waals surface area (Å²) in [7, 11) is 1.17. The lowest BCUT2D eigenvalue weighted by Crippen LogP contribution is -2.41. The van der Waals surface area contributed by atoms with Crippen LogP contribution in [0.5, 0.6) is 5.75 Å². The van der Waals surface area contributed by atoms with Gasteiger partial charge in [0.25, 0.3) is 0 Å². The normalized spacial score (nSPS) is 15.7. The van der Waals surface area contributed by atoms with Crippen molar-refractivity contribution in [2.45, 2.75) is 25.7 Å². The first-order valence-electron chi connectivity index (χ1n) is 8.58. The van der Waals surface area contributed by atoms with Crippen LogP contribution in [0.25, 0.3) is 0 Å². The molecule has 0 fully saturated rings. The van der Waals surface area contributed by atoms with Gasteiger partial charge in [0.05, 0.1) is 12.8 Å². The highest BCUT2D eigenvalue weighted by Gasteiger charge is 2.31. The van der Waals surface area contributed by atoms with Gasteiger partial charge in [-0.1, -0.05) is 23.7 Å². The highest BCUT2D eigenvalue weighted by Crippen LogP contribution is 2.25. The van der Waals surface area contributed by atoms with Crippen molar-refractivity contribution in [1.29, 1.82) is 0 Å². The van der Waals surface area contributed by atoms with E-state index in [4.69, 9.17) is 11.6 Å². The van der Waals surface area contributed by atoms with E-state index in [1.807, 2.05) is 0 Å². The molecule has 0 bridgehead atoms. The van der Waals surface area contributed by atoms with Crippen LogP contribution in [0.3, 0.4) is 0 Å². The van der Waals surface area contributed by atoms with Gasteiger partial charge in [0.2, 0.25) is 0 Å². The molecule has 1 aliphatic rings. The fraction of sp³-hybridized carbons (Fsp3) is 0.444. The Bertz CT molecular complexity index is 780. The first-order valence-corrected chi connectivity index (χ1v) is 8.96. The van der Waals surface area contributed by atoms with Crippen LogP contribution in [0.1, 0.15) is 12.5 Å². The van der Waals surface area contributed by atoms with E-state index in [1.165, 1.54) is 26.2 Å². The molecule has 2 rings (SSSR count). The fourth-order valence-electron chi connectivity index (χ4n) is 2.56. The summed E-state index contributed by atoms with van der Waals surface area (Å²) >= 11 is 6.20. The van der Waals surface area contributed by atoms with Gasteiger partial charge in [-0.2, -0.15) is 13.2 Å². The molecule has 0 aliphatic carbocycles. The number of rotatable bonds is 6. The number of nitrogens with zero attached hydrogens (tertiary/aromatic N) is 2. The van der Waals surface area contributed by atoms with E-state index < -0.39 is 25.0 Å². The largest absolute Gasteiger partial charge is 0.484 e. The minimum absolute atomic E-state index is 0.0208. The zero-order valence-electron chi connectivity index (χ0n) is 15.7. The molecule has 1 N–H and O–H groups in total. The van der Waals surface area contributed by atoms with Crippen LogP contribution >= 0.6 is 11.6 Å². The molecule has 1 unspecified atom stereocenters. The molecule has 1 heterocycles. The first-order chi connectivity index (χ1) is 13.6. The smallest absolute Gasteiger partial charge is 0.422 e. The van der Waals surface area contributed by atoms with Crippen molar-refractivity contribution in [3.05, 3.63) is 40.6 Å². The van der Waals surface area contributed by atoms with Crippen LogP contribution in [0.2, 0.25) is 0 Å². The van der Waals surface area contributed by atoms with E-state index in [0.29, 0.717) is 13.0 Å². The van der Waals surface area contributed by atoms with E-state index >= 15 is 0 Å². The molecule has 0 radical (unpaired) electrons. The van der Waals surface area contributed by atoms with Crippen molar-refractivity contribution in [2.75, 3.05) is 26.9 Å². The Morgan fingerprint density at radius 3 is 2.55 bits per heavy atom. The van der Waals surface area contributed by atoms with Crippen molar-refractivity contribution in [3.8, 4) is 5.75 Å². The second-order valence-electron chi connectivity index (χ2n) is 6.09. The molecule has 0 spiro atoms. The topological polar surface area (TPSA) is 63.2 Å². The lowest BCUT2D eigenvalue weighted by molar-refractivity contribution is -0.153. The Morgan fingerprint density at radius 1 is 1.34 bits per heavy atom. The molecular formula is C18H20ClF4N3O3. The van der Waals surface area contributed by atoms with Crippen LogP contribution in [-0.4, -0.2) is 56.1 Å². The highest BCUT2D eigenvalue weighted by molar-refractivity contribution is 6.43. The van der Waals surface area contributed by atoms with Gasteiger partial charge in [0.15, 0.2) is 6.61 Å². The summed E-state index contributed by atoms with van der Waals surface area (Å²) in [6.07, 6.45) is -6.17. The van der Waals surface area contributed by atoms with Gasteiger partial charge in [0.1, 0.15) is 29.5 Å². The predicted molar refractivity (Wildman–Crippen MR) is 99.7 cm³/mol. The number of carbonyl (C=O) groups excluding carboxylic acids is 1. The second-order valence-corrected chi connectivity index (χ2v) is 6.46. The molecule has 29 heavy (non-hydrogen) atoms. The second kappa shape index (κ2) is 9.82. The molecule has 160 valence electrons. The molecule has 0 saturated carbocycles. The van der Waals surface area contributed by atoms with Crippen molar-refractivity contribution in [3.63, 3.8) is 0 Å². The number of ether oxygens (including phenoxy) is 2. The van der Waals surface area contributed by atoms with Crippen LogP contribution < -0.4 is 10.1 Å². The Balaban J connectivity index is 1.93. The minimum atomic E-state index is -4.39. The summed E-state index contributed by atoms with van der Waals surface area (Å²) in [5, 5.41) is 2.96. The maximum atomic E-state index is 14.0. The number of benzene rings is 1. The number of allylic oxidation sites excluding steroid dienone is 1. The monoisotopic (exact) mass is 437 g/mol. The number of alkyl halides is 4. The van der Waals surface area contributed by atoms with E-state index in [9.17, 15) is 22.4 Å². The third-order valence-electron chi connectivity index (χ3n) is 3.90. The van der Waals surface area contributed by atoms with Crippen LogP contribution in [-0.2, 0) is 11.2 Å². The number of hydrogen-bond donors (Lipinski definition) is 1. The molecule has 1 atom stereocenters. The number of halogens is 5. The van der Waals surface area contributed by atoms with Crippen molar-refractivity contribution < 1.29 is 31.8 Å². The van der Waals surface area contributed by atoms with E-state index in [0.717, 1.165) is 10.5 Å². The average Bonchev–Trinajstić information content (AvgIpc) is 2.66. The van der Waals surface area contributed by atoms with Gasteiger partial charge in [-0.15, -0.1) is 0 Å². The summed E-state index contributed by atoms with van der Waals surface area (Å²) in [6, 6.07) is 6.18. The van der Waals surface area contributed by atoms with Crippen molar-refractivity contribution in [1.82, 2.24) is 10.2 Å². The molecular weight excluding hydrogens is 418 g/mol. The summed E-state index contributed by atoms with van der Waals surface area (Å²) in [5.41, 5.74) is 0.797.